The molecule has 1 aliphatic heterocycles. The maximum Gasteiger partial charge on any atom is 0.407 e. The van der Waals surface area contributed by atoms with Crippen molar-refractivity contribution in [3.8, 4) is 0 Å². The smallest absolute Gasteiger partial charge is 0.407 e. The Kier molecular flexibility index (Phi) is 4.87. The third-order valence-electron chi connectivity index (χ3n) is 5.87. The van der Waals surface area contributed by atoms with Gasteiger partial charge in [0.25, 0.3) is 0 Å². The molecular formula is C20H27N3O3. The van der Waals surface area contributed by atoms with E-state index < -0.39 is 0 Å². The number of aromatic amines is 1. The topological polar surface area (TPSA) is 66.6 Å². The molecule has 1 aromatic heterocycles. The predicted molar refractivity (Wildman–Crippen MR) is 100 cm³/mol. The van der Waals surface area contributed by atoms with Crippen molar-refractivity contribution in [1.82, 2.24) is 15.2 Å². The van der Waals surface area contributed by atoms with Gasteiger partial charge < -0.3 is 24.7 Å². The van der Waals surface area contributed by atoms with E-state index in [4.69, 9.17) is 9.47 Å². The summed E-state index contributed by atoms with van der Waals surface area (Å²) in [6, 6.07) is 7.12. The molecule has 2 N–H and O–H groups in total. The number of rotatable bonds is 5. The zero-order valence-corrected chi connectivity index (χ0v) is 15.5. The number of likely N-dealkylation sites (tertiary alicyclic amines) is 1. The van der Waals surface area contributed by atoms with Crippen molar-refractivity contribution in [2.45, 2.75) is 24.8 Å². The fraction of sp³-hybridized carbons (Fsp3) is 0.550. The number of likely N-dealkylation sites (N-methyl/N-ethyl adjacent to an activating group) is 1. The number of ether oxygens (including phenoxy) is 2. The monoisotopic (exact) mass is 357 g/mol. The van der Waals surface area contributed by atoms with E-state index in [9.17, 15) is 4.79 Å². The molecule has 26 heavy (non-hydrogen) atoms. The molecule has 0 saturated carbocycles. The molecule has 2 aliphatic rings. The zero-order chi connectivity index (χ0) is 18.1. The van der Waals surface area contributed by atoms with Crippen molar-refractivity contribution in [1.29, 1.82) is 0 Å². The lowest BCUT2D eigenvalue weighted by Gasteiger charge is -2.45. The van der Waals surface area contributed by atoms with Crippen LogP contribution in [0.25, 0.3) is 10.9 Å². The first kappa shape index (κ1) is 17.4. The highest BCUT2D eigenvalue weighted by atomic mass is 16.6. The Hall–Kier alpha value is -2.05. The molecule has 4 rings (SSSR count). The molecule has 1 aromatic carbocycles. The van der Waals surface area contributed by atoms with Crippen LogP contribution >= 0.6 is 0 Å². The van der Waals surface area contributed by atoms with Crippen molar-refractivity contribution >= 4 is 17.0 Å². The van der Waals surface area contributed by atoms with E-state index >= 15 is 0 Å². The first-order valence-corrected chi connectivity index (χ1v) is 9.36. The van der Waals surface area contributed by atoms with Gasteiger partial charge >= 0.3 is 6.09 Å². The summed E-state index contributed by atoms with van der Waals surface area (Å²) >= 11 is 0. The molecule has 6 heteroatoms. The minimum Gasteiger partial charge on any atom is -0.447 e. The van der Waals surface area contributed by atoms with Gasteiger partial charge in [0.1, 0.15) is 6.61 Å². The van der Waals surface area contributed by atoms with Gasteiger partial charge in [0.05, 0.1) is 6.61 Å². The number of amides is 1. The largest absolute Gasteiger partial charge is 0.447 e. The molecule has 3 atom stereocenters. The minimum atomic E-state index is -0.356. The lowest BCUT2D eigenvalue weighted by Crippen LogP contribution is -2.50. The van der Waals surface area contributed by atoms with Crippen LogP contribution in [0.1, 0.15) is 23.5 Å². The summed E-state index contributed by atoms with van der Waals surface area (Å²) in [4.78, 5) is 17.7. The predicted octanol–water partition coefficient (Wildman–Crippen LogP) is 2.50. The second-order valence-corrected chi connectivity index (χ2v) is 7.51. The van der Waals surface area contributed by atoms with Gasteiger partial charge in [-0.2, -0.15) is 0 Å². The number of hydrogen-bond donors (Lipinski definition) is 2. The van der Waals surface area contributed by atoms with Crippen LogP contribution in [0.4, 0.5) is 4.79 Å². The molecule has 0 spiro atoms. The lowest BCUT2D eigenvalue weighted by molar-refractivity contribution is 0.0900. The Morgan fingerprint density at radius 2 is 2.27 bits per heavy atom. The SMILES string of the molecule is COCCOC(=O)NC[C@@H]1CC2c3cccc4[nH]cc(c34)C[C@H]2N(C)C1. The van der Waals surface area contributed by atoms with E-state index in [-0.39, 0.29) is 12.7 Å². The second kappa shape index (κ2) is 7.29. The molecule has 2 heterocycles. The summed E-state index contributed by atoms with van der Waals surface area (Å²) in [5, 5.41) is 4.33. The number of methoxy groups -OCH3 is 1. The van der Waals surface area contributed by atoms with Gasteiger partial charge in [0, 0.05) is 49.3 Å². The minimum absolute atomic E-state index is 0.288. The quantitative estimate of drug-likeness (QED) is 0.807. The normalized spacial score (nSPS) is 25.1. The third-order valence-corrected chi connectivity index (χ3v) is 5.87. The summed E-state index contributed by atoms with van der Waals surface area (Å²) in [7, 11) is 3.80. The van der Waals surface area contributed by atoms with Gasteiger partial charge in [0.15, 0.2) is 0 Å². The van der Waals surface area contributed by atoms with Gasteiger partial charge in [-0.1, -0.05) is 12.1 Å². The fourth-order valence-electron chi connectivity index (χ4n) is 4.70. The van der Waals surface area contributed by atoms with E-state index in [0.29, 0.717) is 31.0 Å². The van der Waals surface area contributed by atoms with Crippen LogP contribution in [0.2, 0.25) is 0 Å². The average molecular weight is 357 g/mol. The summed E-state index contributed by atoms with van der Waals surface area (Å²) < 4.78 is 9.99. The summed E-state index contributed by atoms with van der Waals surface area (Å²) in [6.07, 6.45) is 4.00. The van der Waals surface area contributed by atoms with Crippen LogP contribution in [0.15, 0.2) is 24.4 Å². The number of benzene rings is 1. The van der Waals surface area contributed by atoms with Crippen LogP contribution in [0, 0.1) is 5.92 Å². The standard InChI is InChI=1S/C20H27N3O3/c1-23-12-13(10-22-20(24)26-7-6-25-2)8-16-15-4-3-5-17-19(15)14(11-21-17)9-18(16)23/h3-5,11,13,16,18,21H,6-10,12H2,1-2H3,(H,22,24)/t13-,16?,18+/m0/s1. The first-order chi connectivity index (χ1) is 12.7. The summed E-state index contributed by atoms with van der Waals surface area (Å²) in [6.45, 7) is 2.35. The molecule has 1 aliphatic carbocycles. The second-order valence-electron chi connectivity index (χ2n) is 7.51. The molecule has 0 radical (unpaired) electrons. The molecule has 1 amide bonds. The van der Waals surface area contributed by atoms with Crippen LogP contribution in [0.5, 0.6) is 0 Å². The van der Waals surface area contributed by atoms with Crippen LogP contribution in [-0.2, 0) is 15.9 Å². The zero-order valence-electron chi connectivity index (χ0n) is 15.5. The van der Waals surface area contributed by atoms with E-state index in [1.54, 1.807) is 7.11 Å². The van der Waals surface area contributed by atoms with Gasteiger partial charge in [-0.25, -0.2) is 4.79 Å². The molecule has 0 bridgehead atoms. The highest BCUT2D eigenvalue weighted by molar-refractivity contribution is 5.88. The number of hydrogen-bond acceptors (Lipinski definition) is 4. The Bertz CT molecular complexity index is 788. The number of piperidine rings is 1. The Labute approximate surface area is 153 Å². The summed E-state index contributed by atoms with van der Waals surface area (Å²) in [5.41, 5.74) is 4.12. The Balaban J connectivity index is 1.45. The van der Waals surface area contributed by atoms with E-state index in [0.717, 1.165) is 19.4 Å². The number of nitrogens with zero attached hydrogens (tertiary/aromatic N) is 1. The maximum absolute atomic E-state index is 11.8. The van der Waals surface area contributed by atoms with Gasteiger partial charge in [-0.05, 0) is 43.0 Å². The van der Waals surface area contributed by atoms with Crippen molar-refractivity contribution in [3.63, 3.8) is 0 Å². The highest BCUT2D eigenvalue weighted by Crippen LogP contribution is 2.44. The molecule has 6 nitrogen and oxygen atoms in total. The third kappa shape index (κ3) is 3.19. The van der Waals surface area contributed by atoms with Gasteiger partial charge in [-0.15, -0.1) is 0 Å². The molecular weight excluding hydrogens is 330 g/mol. The number of carbonyl (C=O) groups excluding carboxylic acids is 1. The molecule has 2 aromatic rings. The maximum atomic E-state index is 11.8. The van der Waals surface area contributed by atoms with Crippen molar-refractivity contribution in [2.24, 2.45) is 5.92 Å². The summed E-state index contributed by atoms with van der Waals surface area (Å²) in [5.74, 6) is 0.934. The molecule has 1 fully saturated rings. The Morgan fingerprint density at radius 1 is 1.38 bits per heavy atom. The van der Waals surface area contributed by atoms with E-state index in [1.807, 2.05) is 0 Å². The van der Waals surface area contributed by atoms with Crippen LogP contribution in [-0.4, -0.2) is 62.5 Å². The van der Waals surface area contributed by atoms with Crippen molar-refractivity contribution < 1.29 is 14.3 Å². The van der Waals surface area contributed by atoms with Crippen LogP contribution in [0.3, 0.4) is 0 Å². The lowest BCUT2D eigenvalue weighted by atomic mass is 9.72. The number of nitrogens with one attached hydrogen (secondary N) is 2. The number of alkyl carbamates (subject to hydrolysis) is 1. The number of fused-ring (bicyclic) bond motifs is 2. The Morgan fingerprint density at radius 3 is 3.12 bits per heavy atom. The fourth-order valence-corrected chi connectivity index (χ4v) is 4.70. The number of carbonyl (C=O) groups is 1. The molecule has 1 saturated heterocycles. The van der Waals surface area contributed by atoms with E-state index in [1.165, 1.54) is 22.0 Å². The van der Waals surface area contributed by atoms with Gasteiger partial charge in [-0.3, -0.25) is 0 Å². The van der Waals surface area contributed by atoms with Gasteiger partial charge in [0.2, 0.25) is 0 Å². The first-order valence-electron chi connectivity index (χ1n) is 9.36. The molecule has 1 unspecified atom stereocenters. The molecule has 140 valence electrons. The van der Waals surface area contributed by atoms with Crippen molar-refractivity contribution in [3.05, 3.63) is 35.5 Å². The number of aromatic nitrogens is 1. The van der Waals surface area contributed by atoms with Crippen LogP contribution < -0.4 is 5.32 Å². The average Bonchev–Trinajstić information content (AvgIpc) is 3.06. The van der Waals surface area contributed by atoms with E-state index in [2.05, 4.69) is 46.6 Å². The number of H-pyrrole nitrogens is 1. The van der Waals surface area contributed by atoms with Crippen molar-refractivity contribution in [2.75, 3.05) is 40.5 Å². The highest BCUT2D eigenvalue weighted by Gasteiger charge is 2.39.